The molecule has 0 bridgehead atoms. The molecule has 1 amide bonds. The zero-order chi connectivity index (χ0) is 15.5. The summed E-state index contributed by atoms with van der Waals surface area (Å²) in [7, 11) is 0. The zero-order valence-corrected chi connectivity index (χ0v) is 11.9. The first-order valence-corrected chi connectivity index (χ1v) is 6.11. The summed E-state index contributed by atoms with van der Waals surface area (Å²) in [4.78, 5) is 22.5. The number of carboxylic acid groups (broad SMARTS) is 1. The van der Waals surface area contributed by atoms with Crippen LogP contribution in [0.1, 0.15) is 38.1 Å². The second-order valence-electron chi connectivity index (χ2n) is 5.45. The third-order valence-corrected chi connectivity index (χ3v) is 2.35. The van der Waals surface area contributed by atoms with Crippen LogP contribution in [0.25, 0.3) is 0 Å². The Kier molecular flexibility index (Phi) is 4.70. The molecule has 0 saturated carbocycles. The Bertz CT molecular complexity index is 522. The van der Waals surface area contributed by atoms with Crippen molar-refractivity contribution in [3.63, 3.8) is 0 Å². The number of carbonyl (C=O) groups excluding carboxylic acids is 1. The van der Waals surface area contributed by atoms with Gasteiger partial charge in [0.25, 0.3) is 5.91 Å². The van der Waals surface area contributed by atoms with Gasteiger partial charge in [0.05, 0.1) is 5.56 Å². The van der Waals surface area contributed by atoms with Crippen molar-refractivity contribution in [1.82, 2.24) is 5.32 Å². The molecule has 1 unspecified atom stereocenters. The first-order chi connectivity index (χ1) is 9.10. The molecule has 1 atom stereocenters. The summed E-state index contributed by atoms with van der Waals surface area (Å²) in [5, 5.41) is 11.4. The van der Waals surface area contributed by atoms with Gasteiger partial charge in [0, 0.05) is 11.6 Å². The van der Waals surface area contributed by atoms with E-state index >= 15 is 0 Å². The van der Waals surface area contributed by atoms with Gasteiger partial charge in [-0.1, -0.05) is 0 Å². The van der Waals surface area contributed by atoms with Gasteiger partial charge in [-0.3, -0.25) is 4.79 Å². The first kappa shape index (κ1) is 15.9. The van der Waals surface area contributed by atoms with E-state index in [1.165, 1.54) is 13.0 Å². The van der Waals surface area contributed by atoms with E-state index < -0.39 is 29.0 Å². The Morgan fingerprint density at radius 3 is 2.40 bits per heavy atom. The summed E-state index contributed by atoms with van der Waals surface area (Å²) < 4.78 is 18.8. The molecule has 6 heteroatoms. The number of benzene rings is 1. The maximum atomic E-state index is 13.5. The lowest BCUT2D eigenvalue weighted by molar-refractivity contribution is -0.128. The van der Waals surface area contributed by atoms with Crippen molar-refractivity contribution in [2.75, 3.05) is 0 Å². The number of aromatic carboxylic acids is 1. The standard InChI is InChI=1S/C14H18FNO4/c1-8(12(17)16-14(2,3)4)20-9-5-6-10(13(18)19)11(15)7-9/h5-8H,1-4H3,(H,16,17)(H,18,19). The molecule has 0 heterocycles. The predicted molar refractivity (Wildman–Crippen MR) is 71.3 cm³/mol. The highest BCUT2D eigenvalue weighted by Gasteiger charge is 2.21. The Morgan fingerprint density at radius 2 is 1.95 bits per heavy atom. The van der Waals surface area contributed by atoms with Gasteiger partial charge in [0.1, 0.15) is 11.6 Å². The number of ether oxygens (including phenoxy) is 1. The minimum atomic E-state index is -1.35. The highest BCUT2D eigenvalue weighted by molar-refractivity contribution is 5.88. The van der Waals surface area contributed by atoms with Crippen molar-refractivity contribution < 1.29 is 23.8 Å². The summed E-state index contributed by atoms with van der Waals surface area (Å²) in [6.45, 7) is 7.03. The van der Waals surface area contributed by atoms with Crippen LogP contribution in [0.15, 0.2) is 18.2 Å². The minimum Gasteiger partial charge on any atom is -0.481 e. The molecule has 0 saturated heterocycles. The predicted octanol–water partition coefficient (Wildman–Crippen LogP) is 2.21. The Balaban J connectivity index is 2.76. The van der Waals surface area contributed by atoms with Crippen LogP contribution in [0.2, 0.25) is 0 Å². The first-order valence-electron chi connectivity index (χ1n) is 6.11. The number of hydrogen-bond acceptors (Lipinski definition) is 3. The number of carboxylic acids is 1. The van der Waals surface area contributed by atoms with Gasteiger partial charge in [-0.05, 0) is 39.8 Å². The molecule has 0 aliphatic rings. The Labute approximate surface area is 116 Å². The molecule has 0 radical (unpaired) electrons. The molecule has 1 aromatic rings. The number of amides is 1. The molecule has 0 aromatic heterocycles. The summed E-state index contributed by atoms with van der Waals surface area (Å²) in [6.07, 6.45) is -0.815. The van der Waals surface area contributed by atoms with E-state index in [1.54, 1.807) is 0 Å². The topological polar surface area (TPSA) is 75.6 Å². The maximum Gasteiger partial charge on any atom is 0.338 e. The number of rotatable bonds is 4. The zero-order valence-electron chi connectivity index (χ0n) is 11.9. The molecule has 0 aliphatic carbocycles. The highest BCUT2D eigenvalue weighted by atomic mass is 19.1. The molecule has 110 valence electrons. The fourth-order valence-electron chi connectivity index (χ4n) is 1.47. The molecule has 5 nitrogen and oxygen atoms in total. The van der Waals surface area contributed by atoms with Crippen molar-refractivity contribution in [3.8, 4) is 5.75 Å². The molecule has 1 aromatic carbocycles. The van der Waals surface area contributed by atoms with E-state index in [1.807, 2.05) is 20.8 Å². The average Bonchev–Trinajstić information content (AvgIpc) is 2.26. The van der Waals surface area contributed by atoms with Crippen molar-refractivity contribution in [1.29, 1.82) is 0 Å². The van der Waals surface area contributed by atoms with Gasteiger partial charge in [0.2, 0.25) is 0 Å². The molecule has 0 aliphatic heterocycles. The van der Waals surface area contributed by atoms with Crippen LogP contribution in [0.3, 0.4) is 0 Å². The summed E-state index contributed by atoms with van der Waals surface area (Å²) in [6, 6.07) is 3.36. The molecule has 2 N–H and O–H groups in total. The third kappa shape index (κ3) is 4.53. The van der Waals surface area contributed by atoms with E-state index in [0.717, 1.165) is 12.1 Å². The molecular weight excluding hydrogens is 265 g/mol. The van der Waals surface area contributed by atoms with Crippen LogP contribution in [0.4, 0.5) is 4.39 Å². The van der Waals surface area contributed by atoms with Crippen LogP contribution >= 0.6 is 0 Å². The van der Waals surface area contributed by atoms with Crippen molar-refractivity contribution in [3.05, 3.63) is 29.6 Å². The van der Waals surface area contributed by atoms with E-state index in [-0.39, 0.29) is 11.7 Å². The summed E-state index contributed by atoms with van der Waals surface area (Å²) >= 11 is 0. The monoisotopic (exact) mass is 283 g/mol. The van der Waals surface area contributed by atoms with Crippen LogP contribution in [-0.2, 0) is 4.79 Å². The second-order valence-corrected chi connectivity index (χ2v) is 5.45. The van der Waals surface area contributed by atoms with Gasteiger partial charge < -0.3 is 15.2 Å². The van der Waals surface area contributed by atoms with Gasteiger partial charge in [-0.25, -0.2) is 9.18 Å². The van der Waals surface area contributed by atoms with Crippen LogP contribution in [0, 0.1) is 5.82 Å². The van der Waals surface area contributed by atoms with E-state index in [0.29, 0.717) is 0 Å². The quantitative estimate of drug-likeness (QED) is 0.888. The fourth-order valence-corrected chi connectivity index (χ4v) is 1.47. The van der Waals surface area contributed by atoms with E-state index in [2.05, 4.69) is 5.32 Å². The van der Waals surface area contributed by atoms with Crippen LogP contribution < -0.4 is 10.1 Å². The van der Waals surface area contributed by atoms with Gasteiger partial charge in [-0.15, -0.1) is 0 Å². The van der Waals surface area contributed by atoms with Gasteiger partial charge >= 0.3 is 5.97 Å². The molecule has 20 heavy (non-hydrogen) atoms. The van der Waals surface area contributed by atoms with E-state index in [9.17, 15) is 14.0 Å². The van der Waals surface area contributed by atoms with Gasteiger partial charge in [0.15, 0.2) is 6.10 Å². The highest BCUT2D eigenvalue weighted by Crippen LogP contribution is 2.18. The number of nitrogens with one attached hydrogen (secondary N) is 1. The second kappa shape index (κ2) is 5.90. The SMILES string of the molecule is CC(Oc1ccc(C(=O)O)c(F)c1)C(=O)NC(C)(C)C. The number of carbonyl (C=O) groups is 2. The lowest BCUT2D eigenvalue weighted by Gasteiger charge is -2.23. The molecular formula is C14H18FNO4. The van der Waals surface area contributed by atoms with E-state index in [4.69, 9.17) is 9.84 Å². The summed E-state index contributed by atoms with van der Waals surface area (Å²) in [5.41, 5.74) is -0.836. The molecule has 1 rings (SSSR count). The van der Waals surface area contributed by atoms with Gasteiger partial charge in [-0.2, -0.15) is 0 Å². The van der Waals surface area contributed by atoms with Crippen molar-refractivity contribution in [2.24, 2.45) is 0 Å². The minimum absolute atomic E-state index is 0.101. The smallest absolute Gasteiger partial charge is 0.338 e. The number of hydrogen-bond donors (Lipinski definition) is 2. The number of halogens is 1. The van der Waals surface area contributed by atoms with Crippen molar-refractivity contribution in [2.45, 2.75) is 39.3 Å². The normalized spacial score (nSPS) is 12.7. The molecule has 0 fully saturated rings. The average molecular weight is 283 g/mol. The molecule has 0 spiro atoms. The van der Waals surface area contributed by atoms with Crippen LogP contribution in [0.5, 0.6) is 5.75 Å². The van der Waals surface area contributed by atoms with Crippen LogP contribution in [-0.4, -0.2) is 28.6 Å². The summed E-state index contributed by atoms with van der Waals surface area (Å²) in [5.74, 6) is -2.49. The third-order valence-electron chi connectivity index (χ3n) is 2.35. The Hall–Kier alpha value is -2.11. The maximum absolute atomic E-state index is 13.5. The lowest BCUT2D eigenvalue weighted by Crippen LogP contribution is -2.46. The lowest BCUT2D eigenvalue weighted by atomic mass is 10.1. The largest absolute Gasteiger partial charge is 0.481 e. The Morgan fingerprint density at radius 1 is 1.35 bits per heavy atom. The fraction of sp³-hybridized carbons (Fsp3) is 0.429. The van der Waals surface area contributed by atoms with Crippen molar-refractivity contribution >= 4 is 11.9 Å².